The smallest absolute Gasteiger partial charge is 0.416 e. The molecule has 1 aliphatic rings. The zero-order valence-corrected chi connectivity index (χ0v) is 18.9. The summed E-state index contributed by atoms with van der Waals surface area (Å²) in [7, 11) is -4.12. The molecule has 2 aromatic rings. The summed E-state index contributed by atoms with van der Waals surface area (Å²) >= 11 is 0. The van der Waals surface area contributed by atoms with Gasteiger partial charge in [-0.05, 0) is 49.6 Å². The number of hydrogen-bond donors (Lipinski definition) is 0. The number of carbonyl (C=O) groups is 2. The van der Waals surface area contributed by atoms with Crippen molar-refractivity contribution in [2.45, 2.75) is 37.4 Å². The van der Waals surface area contributed by atoms with Crippen molar-refractivity contribution in [3.8, 4) is 0 Å². The maximum atomic E-state index is 13.5. The first-order chi connectivity index (χ1) is 15.5. The molecule has 1 heterocycles. The topological polar surface area (TPSA) is 80.8 Å². The third-order valence-corrected chi connectivity index (χ3v) is 7.59. The van der Waals surface area contributed by atoms with E-state index in [-0.39, 0.29) is 30.0 Å². The van der Waals surface area contributed by atoms with Crippen LogP contribution in [0.15, 0.2) is 53.4 Å². The number of nitrogens with zero attached hydrogens (tertiary/aromatic N) is 1. The first-order valence-corrected chi connectivity index (χ1v) is 11.8. The van der Waals surface area contributed by atoms with Gasteiger partial charge in [-0.1, -0.05) is 29.8 Å². The van der Waals surface area contributed by atoms with Gasteiger partial charge in [-0.2, -0.15) is 17.5 Å². The van der Waals surface area contributed by atoms with Crippen molar-refractivity contribution in [1.29, 1.82) is 0 Å². The monoisotopic (exact) mass is 483 g/mol. The van der Waals surface area contributed by atoms with E-state index in [0.717, 1.165) is 22.0 Å². The van der Waals surface area contributed by atoms with Crippen molar-refractivity contribution in [1.82, 2.24) is 4.31 Å². The van der Waals surface area contributed by atoms with Crippen molar-refractivity contribution >= 4 is 22.3 Å². The number of hydrogen-bond acceptors (Lipinski definition) is 5. The number of sulfonamides is 1. The van der Waals surface area contributed by atoms with Crippen LogP contribution >= 0.6 is 0 Å². The molecule has 0 aromatic heterocycles. The molecule has 178 valence electrons. The molecule has 0 aliphatic carbocycles. The van der Waals surface area contributed by atoms with Gasteiger partial charge < -0.3 is 9.53 Å². The molecule has 0 saturated carbocycles. The number of alkyl halides is 3. The van der Waals surface area contributed by atoms with Crippen molar-refractivity contribution in [2.24, 2.45) is 11.8 Å². The molecule has 0 spiro atoms. The molecule has 1 aliphatic heterocycles. The fraction of sp³-hybridized carbons (Fsp3) is 0.391. The molecule has 6 nitrogen and oxygen atoms in total. The van der Waals surface area contributed by atoms with Gasteiger partial charge in [0.05, 0.1) is 29.5 Å². The predicted molar refractivity (Wildman–Crippen MR) is 114 cm³/mol. The van der Waals surface area contributed by atoms with Crippen molar-refractivity contribution in [3.63, 3.8) is 0 Å². The highest BCUT2D eigenvalue weighted by Gasteiger charge is 2.48. The Labute approximate surface area is 190 Å². The summed E-state index contributed by atoms with van der Waals surface area (Å²) in [6.45, 7) is 3.41. The quantitative estimate of drug-likeness (QED) is 0.437. The molecule has 0 radical (unpaired) electrons. The number of ether oxygens (including phenoxy) is 1. The van der Waals surface area contributed by atoms with Gasteiger partial charge in [-0.3, -0.25) is 4.79 Å². The van der Waals surface area contributed by atoms with Crippen LogP contribution in [-0.2, 0) is 30.5 Å². The fourth-order valence-electron chi connectivity index (χ4n) is 4.09. The number of aldehydes is 1. The summed E-state index contributed by atoms with van der Waals surface area (Å²) in [5.74, 6) is -2.20. The van der Waals surface area contributed by atoms with Gasteiger partial charge in [0.25, 0.3) is 0 Å². The second kappa shape index (κ2) is 9.64. The van der Waals surface area contributed by atoms with E-state index in [0.29, 0.717) is 6.29 Å². The zero-order chi connectivity index (χ0) is 24.4. The van der Waals surface area contributed by atoms with Crippen molar-refractivity contribution in [3.05, 3.63) is 65.2 Å². The Morgan fingerprint density at radius 1 is 1.12 bits per heavy atom. The molecule has 0 bridgehead atoms. The van der Waals surface area contributed by atoms with Gasteiger partial charge in [-0.15, -0.1) is 0 Å². The molecule has 3 atom stereocenters. The zero-order valence-electron chi connectivity index (χ0n) is 18.1. The molecular weight excluding hydrogens is 459 g/mol. The summed E-state index contributed by atoms with van der Waals surface area (Å²) in [6, 6.07) is 9.12. The van der Waals surface area contributed by atoms with E-state index in [1.807, 2.05) is 0 Å². The number of halogens is 3. The first kappa shape index (κ1) is 24.9. The second-order valence-corrected chi connectivity index (χ2v) is 9.83. The third-order valence-electron chi connectivity index (χ3n) is 5.73. The van der Waals surface area contributed by atoms with E-state index in [1.54, 1.807) is 26.0 Å². The minimum atomic E-state index is -4.56. The number of carbonyl (C=O) groups excluding carboxylic acids is 2. The molecular formula is C23H24F3NO5S. The van der Waals surface area contributed by atoms with Crippen LogP contribution in [0.25, 0.3) is 0 Å². The summed E-state index contributed by atoms with van der Waals surface area (Å²) in [4.78, 5) is 24.2. The molecule has 0 N–H and O–H groups in total. The summed E-state index contributed by atoms with van der Waals surface area (Å²) < 4.78 is 72.1. The minimum absolute atomic E-state index is 0.00792. The maximum absolute atomic E-state index is 13.5. The predicted octanol–water partition coefficient (Wildman–Crippen LogP) is 4.14. The highest BCUT2D eigenvalue weighted by molar-refractivity contribution is 7.89. The third kappa shape index (κ3) is 5.27. The van der Waals surface area contributed by atoms with Gasteiger partial charge in [-0.25, -0.2) is 8.42 Å². The lowest BCUT2D eigenvalue weighted by Crippen LogP contribution is -2.32. The molecule has 33 heavy (non-hydrogen) atoms. The Hall–Kier alpha value is -2.72. The fourth-order valence-corrected chi connectivity index (χ4v) is 5.79. The standard InChI is InChI=1S/C23H24F3NO5S/c1-3-32-21(29)12-17-13-27(33(30,31)19-10-4-15(2)5-11-19)22(20(17)14-28)16-6-8-18(9-7-16)23(24,25)26/h4-11,14,17,20,22H,3,12-13H2,1-2H3/t17-,20+,22-/m1/s1. The van der Waals surface area contributed by atoms with Gasteiger partial charge in [0.15, 0.2) is 0 Å². The highest BCUT2D eigenvalue weighted by Crippen LogP contribution is 2.45. The highest BCUT2D eigenvalue weighted by atomic mass is 32.2. The lowest BCUT2D eigenvalue weighted by Gasteiger charge is -2.26. The average molecular weight is 484 g/mol. The van der Waals surface area contributed by atoms with Crippen LogP contribution in [0.2, 0.25) is 0 Å². The molecule has 3 rings (SSSR count). The van der Waals surface area contributed by atoms with Crippen LogP contribution in [0.3, 0.4) is 0 Å². The van der Waals surface area contributed by atoms with Crippen molar-refractivity contribution < 1.29 is 35.9 Å². The van der Waals surface area contributed by atoms with Crippen LogP contribution in [0.5, 0.6) is 0 Å². The van der Waals surface area contributed by atoms with Gasteiger partial charge in [0.2, 0.25) is 10.0 Å². The van der Waals surface area contributed by atoms with E-state index in [4.69, 9.17) is 4.74 Å². The first-order valence-electron chi connectivity index (χ1n) is 10.4. The molecule has 0 amide bonds. The number of rotatable bonds is 7. The number of aryl methyl sites for hydroxylation is 1. The largest absolute Gasteiger partial charge is 0.466 e. The van der Waals surface area contributed by atoms with Gasteiger partial charge >= 0.3 is 12.1 Å². The summed E-state index contributed by atoms with van der Waals surface area (Å²) in [5, 5.41) is 0. The van der Waals surface area contributed by atoms with E-state index in [1.165, 1.54) is 24.3 Å². The van der Waals surface area contributed by atoms with Crippen LogP contribution < -0.4 is 0 Å². The van der Waals surface area contributed by atoms with Crippen LogP contribution in [0.1, 0.15) is 36.1 Å². The van der Waals surface area contributed by atoms with Crippen LogP contribution in [-0.4, -0.2) is 38.1 Å². The van der Waals surface area contributed by atoms with Crippen molar-refractivity contribution in [2.75, 3.05) is 13.2 Å². The molecule has 1 fully saturated rings. The van der Waals surface area contributed by atoms with Gasteiger partial charge in [0.1, 0.15) is 6.29 Å². The second-order valence-electron chi connectivity index (χ2n) is 7.94. The minimum Gasteiger partial charge on any atom is -0.466 e. The lowest BCUT2D eigenvalue weighted by atomic mass is 9.86. The van der Waals surface area contributed by atoms with Crippen LogP contribution in [0.4, 0.5) is 13.2 Å². The normalized spacial score (nSPS) is 21.7. The Kier molecular flexibility index (Phi) is 7.28. The number of benzene rings is 2. The maximum Gasteiger partial charge on any atom is 0.416 e. The summed E-state index contributed by atoms with van der Waals surface area (Å²) in [5.41, 5.74) is 0.200. The average Bonchev–Trinajstić information content (AvgIpc) is 3.12. The lowest BCUT2D eigenvalue weighted by molar-refractivity contribution is -0.144. The molecule has 0 unspecified atom stereocenters. The number of esters is 1. The van der Waals surface area contributed by atoms with E-state index in [9.17, 15) is 31.2 Å². The molecule has 2 aromatic carbocycles. The summed E-state index contributed by atoms with van der Waals surface area (Å²) in [6.07, 6.45) is -4.18. The Morgan fingerprint density at radius 2 is 1.73 bits per heavy atom. The molecule has 1 saturated heterocycles. The Morgan fingerprint density at radius 3 is 2.24 bits per heavy atom. The SMILES string of the molecule is CCOC(=O)C[C@@H]1CN(S(=O)(=O)c2ccc(C)cc2)[C@H](c2ccc(C(F)(F)F)cc2)[C@H]1C=O. The van der Waals surface area contributed by atoms with Gasteiger partial charge in [0, 0.05) is 12.5 Å². The molecule has 10 heteroatoms. The Balaban J connectivity index is 2.06. The Bertz CT molecular complexity index is 1100. The van der Waals surface area contributed by atoms with E-state index < -0.39 is 45.6 Å². The van der Waals surface area contributed by atoms with E-state index in [2.05, 4.69) is 0 Å². The van der Waals surface area contributed by atoms with Crippen LogP contribution in [0, 0.1) is 18.8 Å². The van der Waals surface area contributed by atoms with E-state index >= 15 is 0 Å².